The van der Waals surface area contributed by atoms with Crippen LogP contribution in [0.15, 0.2) is 35.6 Å². The van der Waals surface area contributed by atoms with Gasteiger partial charge in [-0.1, -0.05) is 29.4 Å². The van der Waals surface area contributed by atoms with E-state index in [1.165, 1.54) is 11.8 Å². The van der Waals surface area contributed by atoms with E-state index in [0.717, 1.165) is 16.8 Å². The molecule has 140 valence electrons. The zero-order valence-corrected chi connectivity index (χ0v) is 16.1. The van der Waals surface area contributed by atoms with E-state index in [-0.39, 0.29) is 17.7 Å². The van der Waals surface area contributed by atoms with Gasteiger partial charge >= 0.3 is 0 Å². The van der Waals surface area contributed by atoms with Crippen molar-refractivity contribution in [1.82, 2.24) is 20.3 Å². The lowest BCUT2D eigenvalue weighted by Gasteiger charge is -2.21. The maximum Gasteiger partial charge on any atom is 0.230 e. The maximum atomic E-state index is 12.3. The van der Waals surface area contributed by atoms with Crippen molar-refractivity contribution < 1.29 is 14.3 Å². The summed E-state index contributed by atoms with van der Waals surface area (Å²) in [6, 6.07) is 7.31. The van der Waals surface area contributed by atoms with Gasteiger partial charge in [0.05, 0.1) is 22.3 Å². The van der Waals surface area contributed by atoms with Gasteiger partial charge in [-0.2, -0.15) is 0 Å². The molecule has 0 saturated heterocycles. The molecule has 0 saturated carbocycles. The van der Waals surface area contributed by atoms with Crippen LogP contribution >= 0.6 is 23.4 Å². The fourth-order valence-electron chi connectivity index (χ4n) is 2.75. The number of ether oxygens (including phenoxy) is 2. The number of hydrogen-bond donors (Lipinski definition) is 2. The highest BCUT2D eigenvalue weighted by Crippen LogP contribution is 2.32. The lowest BCUT2D eigenvalue weighted by molar-refractivity contribution is -0.119. The second kappa shape index (κ2) is 7.66. The molecule has 1 aliphatic heterocycles. The van der Waals surface area contributed by atoms with Gasteiger partial charge < -0.3 is 19.8 Å². The Bertz CT molecular complexity index is 994. The number of benzene rings is 1. The number of hydrogen-bond acceptors (Lipinski definition) is 6. The van der Waals surface area contributed by atoms with Crippen LogP contribution in [0.5, 0.6) is 11.5 Å². The SMILES string of the molecule is C[C@@H](NC(=O)CSc1nc2ncc(Cl)cc2[nH]1)c1ccc2c(c1)OCCO2. The Balaban J connectivity index is 1.35. The van der Waals surface area contributed by atoms with E-state index in [9.17, 15) is 4.79 Å². The zero-order chi connectivity index (χ0) is 18.8. The van der Waals surface area contributed by atoms with Gasteiger partial charge in [0.2, 0.25) is 5.91 Å². The highest BCUT2D eigenvalue weighted by molar-refractivity contribution is 7.99. The number of fused-ring (bicyclic) bond motifs is 2. The number of aromatic amines is 1. The topological polar surface area (TPSA) is 89.1 Å². The fourth-order valence-corrected chi connectivity index (χ4v) is 3.59. The Labute approximate surface area is 164 Å². The van der Waals surface area contributed by atoms with Crippen LogP contribution in [0.1, 0.15) is 18.5 Å². The number of H-pyrrole nitrogens is 1. The summed E-state index contributed by atoms with van der Waals surface area (Å²) in [4.78, 5) is 23.9. The molecule has 3 aromatic rings. The molecule has 0 aliphatic carbocycles. The first-order chi connectivity index (χ1) is 13.1. The number of rotatable bonds is 5. The maximum absolute atomic E-state index is 12.3. The predicted molar refractivity (Wildman–Crippen MR) is 104 cm³/mol. The smallest absolute Gasteiger partial charge is 0.230 e. The molecule has 0 fully saturated rings. The minimum Gasteiger partial charge on any atom is -0.486 e. The van der Waals surface area contributed by atoms with Crippen LogP contribution in [0.3, 0.4) is 0 Å². The van der Waals surface area contributed by atoms with E-state index in [0.29, 0.717) is 34.8 Å². The van der Waals surface area contributed by atoms with E-state index in [1.807, 2.05) is 25.1 Å². The van der Waals surface area contributed by atoms with Gasteiger partial charge in [-0.15, -0.1) is 0 Å². The Morgan fingerprint density at radius 3 is 3.00 bits per heavy atom. The lowest BCUT2D eigenvalue weighted by atomic mass is 10.1. The van der Waals surface area contributed by atoms with Gasteiger partial charge in [0, 0.05) is 6.20 Å². The van der Waals surface area contributed by atoms with Gasteiger partial charge in [0.25, 0.3) is 0 Å². The summed E-state index contributed by atoms with van der Waals surface area (Å²) in [7, 11) is 0. The second-order valence-corrected chi connectivity index (χ2v) is 7.45. The summed E-state index contributed by atoms with van der Waals surface area (Å²) in [5.74, 6) is 1.59. The van der Waals surface area contributed by atoms with Gasteiger partial charge in [-0.3, -0.25) is 4.79 Å². The largest absolute Gasteiger partial charge is 0.486 e. The van der Waals surface area contributed by atoms with Crippen LogP contribution in [0, 0.1) is 0 Å². The molecule has 0 spiro atoms. The highest BCUT2D eigenvalue weighted by Gasteiger charge is 2.16. The molecule has 0 unspecified atom stereocenters. The first-order valence-electron chi connectivity index (χ1n) is 8.41. The van der Waals surface area contributed by atoms with E-state index < -0.39 is 0 Å². The molecule has 2 aromatic heterocycles. The second-order valence-electron chi connectivity index (χ2n) is 6.05. The number of amides is 1. The van der Waals surface area contributed by atoms with Crippen LogP contribution in [0.2, 0.25) is 5.02 Å². The Hall–Kier alpha value is -2.45. The van der Waals surface area contributed by atoms with Crippen molar-refractivity contribution in [2.45, 2.75) is 18.1 Å². The minimum absolute atomic E-state index is 0.0890. The average molecular weight is 405 g/mol. The third-order valence-electron chi connectivity index (χ3n) is 4.07. The Morgan fingerprint density at radius 2 is 2.15 bits per heavy atom. The molecule has 1 aromatic carbocycles. The van der Waals surface area contributed by atoms with Crippen molar-refractivity contribution in [2.24, 2.45) is 0 Å². The van der Waals surface area contributed by atoms with Crippen LogP contribution in [-0.4, -0.2) is 39.8 Å². The number of imidazole rings is 1. The van der Waals surface area contributed by atoms with Crippen LogP contribution in [0.4, 0.5) is 0 Å². The molecule has 4 rings (SSSR count). The summed E-state index contributed by atoms with van der Waals surface area (Å²) >= 11 is 7.23. The predicted octanol–water partition coefficient (Wildman–Crippen LogP) is 3.35. The third-order valence-corrected chi connectivity index (χ3v) is 5.15. The highest BCUT2D eigenvalue weighted by atomic mass is 35.5. The molecule has 7 nitrogen and oxygen atoms in total. The van der Waals surface area contributed by atoms with Gasteiger partial charge in [0.15, 0.2) is 22.3 Å². The van der Waals surface area contributed by atoms with Gasteiger partial charge in [-0.05, 0) is 30.7 Å². The molecule has 1 amide bonds. The molecule has 1 atom stereocenters. The molecule has 27 heavy (non-hydrogen) atoms. The Kier molecular flexibility index (Phi) is 5.09. The normalized spacial score (nSPS) is 14.1. The van der Waals surface area contributed by atoms with Crippen LogP contribution < -0.4 is 14.8 Å². The number of nitrogens with zero attached hydrogens (tertiary/aromatic N) is 2. The van der Waals surface area contributed by atoms with Crippen molar-refractivity contribution in [1.29, 1.82) is 0 Å². The lowest BCUT2D eigenvalue weighted by Crippen LogP contribution is -2.28. The van der Waals surface area contributed by atoms with Crippen molar-refractivity contribution >= 4 is 40.4 Å². The summed E-state index contributed by atoms with van der Waals surface area (Å²) in [6.07, 6.45) is 1.54. The molecule has 1 aliphatic rings. The first-order valence-corrected chi connectivity index (χ1v) is 9.78. The standard InChI is InChI=1S/C18H17ClN4O3S/c1-10(11-2-3-14-15(6-11)26-5-4-25-14)21-16(24)9-27-18-22-13-7-12(19)8-20-17(13)23-18/h2-3,6-8,10H,4-5,9H2,1H3,(H,21,24)(H,20,22,23)/t10-/m1/s1. The number of thioether (sulfide) groups is 1. The first kappa shape index (κ1) is 17.9. The number of halogens is 1. The Morgan fingerprint density at radius 1 is 1.33 bits per heavy atom. The number of carbonyl (C=O) groups excluding carboxylic acids is 1. The quantitative estimate of drug-likeness (QED) is 0.634. The van der Waals surface area contributed by atoms with Crippen LogP contribution in [0.25, 0.3) is 11.2 Å². The number of pyridine rings is 1. The van der Waals surface area contributed by atoms with E-state index >= 15 is 0 Å². The van der Waals surface area contributed by atoms with Crippen molar-refractivity contribution in [3.8, 4) is 11.5 Å². The zero-order valence-electron chi connectivity index (χ0n) is 14.5. The monoisotopic (exact) mass is 404 g/mol. The van der Waals surface area contributed by atoms with Crippen molar-refractivity contribution in [2.75, 3.05) is 19.0 Å². The molecule has 9 heteroatoms. The molecular formula is C18H17ClN4O3S. The van der Waals surface area contributed by atoms with E-state index in [4.69, 9.17) is 21.1 Å². The summed E-state index contributed by atoms with van der Waals surface area (Å²) < 4.78 is 11.1. The van der Waals surface area contributed by atoms with Crippen molar-refractivity contribution in [3.05, 3.63) is 41.0 Å². The minimum atomic E-state index is -0.148. The van der Waals surface area contributed by atoms with Gasteiger partial charge in [-0.25, -0.2) is 9.97 Å². The third kappa shape index (κ3) is 4.12. The molecular weight excluding hydrogens is 388 g/mol. The summed E-state index contributed by atoms with van der Waals surface area (Å²) in [5.41, 5.74) is 2.28. The van der Waals surface area contributed by atoms with E-state index in [1.54, 1.807) is 12.3 Å². The molecule has 0 radical (unpaired) electrons. The van der Waals surface area contributed by atoms with Gasteiger partial charge in [0.1, 0.15) is 13.2 Å². The van der Waals surface area contributed by atoms with E-state index in [2.05, 4.69) is 20.3 Å². The average Bonchev–Trinajstić information content (AvgIpc) is 3.08. The summed E-state index contributed by atoms with van der Waals surface area (Å²) in [6.45, 7) is 3.02. The number of nitrogens with one attached hydrogen (secondary N) is 2. The van der Waals surface area contributed by atoms with Crippen molar-refractivity contribution in [3.63, 3.8) is 0 Å². The number of carbonyl (C=O) groups is 1. The fraction of sp³-hybridized carbons (Fsp3) is 0.278. The van der Waals surface area contributed by atoms with Crippen LogP contribution in [-0.2, 0) is 4.79 Å². The summed E-state index contributed by atoms with van der Waals surface area (Å²) in [5, 5.41) is 4.14. The molecule has 3 heterocycles. The molecule has 2 N–H and O–H groups in total. The molecule has 0 bridgehead atoms. The number of aromatic nitrogens is 3.